The normalized spacial score (nSPS) is 10.4. The summed E-state index contributed by atoms with van der Waals surface area (Å²) in [6.07, 6.45) is 2.96. The zero-order valence-electron chi connectivity index (χ0n) is 8.88. The lowest BCUT2D eigenvalue weighted by molar-refractivity contribution is 0.684. The molecule has 2 heterocycles. The first-order valence-electron chi connectivity index (χ1n) is 4.52. The van der Waals surface area contributed by atoms with E-state index >= 15 is 0 Å². The second-order valence-corrected chi connectivity index (χ2v) is 4.02. The minimum absolute atomic E-state index is 0.611. The minimum Gasteiger partial charge on any atom is -0.308 e. The Balaban J connectivity index is 2.32. The van der Waals surface area contributed by atoms with Gasteiger partial charge in [-0.15, -0.1) is 0 Å². The van der Waals surface area contributed by atoms with E-state index in [0.717, 1.165) is 15.7 Å². The standard InChI is InChI=1S/C8H11N7S/c1-5-6(14-9)10-3-11-7(5)16-8-12-4-13-15(8)2/h3-4H,9H2,1-2H3,(H,10,11,14). The second-order valence-electron chi connectivity index (χ2n) is 3.07. The Morgan fingerprint density at radius 2 is 2.12 bits per heavy atom. The van der Waals surface area contributed by atoms with E-state index in [0.29, 0.717) is 5.82 Å². The highest BCUT2D eigenvalue weighted by molar-refractivity contribution is 7.99. The molecule has 2 aromatic rings. The number of anilines is 1. The molecule has 3 N–H and O–H groups in total. The first-order chi connectivity index (χ1) is 7.72. The summed E-state index contributed by atoms with van der Waals surface area (Å²) >= 11 is 1.42. The fraction of sp³-hybridized carbons (Fsp3) is 0.250. The van der Waals surface area contributed by atoms with E-state index in [2.05, 4.69) is 25.5 Å². The summed E-state index contributed by atoms with van der Waals surface area (Å²) in [5.74, 6) is 5.95. The SMILES string of the molecule is Cc1c(NN)ncnc1Sc1ncnn1C. The summed E-state index contributed by atoms with van der Waals surface area (Å²) in [6.45, 7) is 1.90. The molecule has 0 unspecified atom stereocenters. The first kappa shape index (κ1) is 10.8. The Labute approximate surface area is 96.5 Å². The molecule has 2 rings (SSSR count). The van der Waals surface area contributed by atoms with Crippen LogP contribution in [0.15, 0.2) is 22.8 Å². The van der Waals surface area contributed by atoms with Crippen LogP contribution in [0.1, 0.15) is 5.56 Å². The lowest BCUT2D eigenvalue weighted by Crippen LogP contribution is -2.11. The van der Waals surface area contributed by atoms with Crippen molar-refractivity contribution in [2.75, 3.05) is 5.43 Å². The maximum Gasteiger partial charge on any atom is 0.192 e. The Kier molecular flexibility index (Phi) is 3.02. The average Bonchev–Trinajstić information content (AvgIpc) is 2.68. The van der Waals surface area contributed by atoms with Gasteiger partial charge in [0.25, 0.3) is 0 Å². The summed E-state index contributed by atoms with van der Waals surface area (Å²) in [6, 6.07) is 0. The highest BCUT2D eigenvalue weighted by Crippen LogP contribution is 2.28. The molecule has 0 bridgehead atoms. The number of aromatic nitrogens is 5. The van der Waals surface area contributed by atoms with Crippen molar-refractivity contribution in [2.24, 2.45) is 12.9 Å². The number of rotatable bonds is 3. The summed E-state index contributed by atoms with van der Waals surface area (Å²) < 4.78 is 1.68. The molecule has 8 heteroatoms. The smallest absolute Gasteiger partial charge is 0.192 e. The number of nitrogens with one attached hydrogen (secondary N) is 1. The largest absolute Gasteiger partial charge is 0.308 e. The minimum atomic E-state index is 0.611. The van der Waals surface area contributed by atoms with Crippen LogP contribution in [-0.4, -0.2) is 24.7 Å². The van der Waals surface area contributed by atoms with Gasteiger partial charge >= 0.3 is 0 Å². The van der Waals surface area contributed by atoms with Crippen LogP contribution in [0.5, 0.6) is 0 Å². The molecular weight excluding hydrogens is 226 g/mol. The number of nitrogens with two attached hydrogens (primary N) is 1. The lowest BCUT2D eigenvalue weighted by atomic mass is 10.3. The molecule has 0 amide bonds. The van der Waals surface area contributed by atoms with Crippen molar-refractivity contribution >= 4 is 17.6 Å². The number of hydrogen-bond donors (Lipinski definition) is 2. The molecule has 0 saturated heterocycles. The summed E-state index contributed by atoms with van der Waals surface area (Å²) in [4.78, 5) is 12.3. The predicted molar refractivity (Wildman–Crippen MR) is 59.7 cm³/mol. The van der Waals surface area contributed by atoms with Crippen molar-refractivity contribution < 1.29 is 0 Å². The molecule has 84 valence electrons. The predicted octanol–water partition coefficient (Wildman–Crippen LogP) is 0.350. The van der Waals surface area contributed by atoms with Gasteiger partial charge in [0, 0.05) is 12.6 Å². The van der Waals surface area contributed by atoms with Crippen LogP contribution in [0.25, 0.3) is 0 Å². The third-order valence-corrected chi connectivity index (χ3v) is 3.19. The monoisotopic (exact) mass is 237 g/mol. The Morgan fingerprint density at radius 1 is 1.31 bits per heavy atom. The number of hydrazine groups is 1. The molecule has 0 fully saturated rings. The summed E-state index contributed by atoms with van der Waals surface area (Å²) in [7, 11) is 1.83. The van der Waals surface area contributed by atoms with E-state index in [1.807, 2.05) is 14.0 Å². The Morgan fingerprint density at radius 3 is 2.75 bits per heavy atom. The fourth-order valence-electron chi connectivity index (χ4n) is 1.15. The highest BCUT2D eigenvalue weighted by atomic mass is 32.2. The zero-order chi connectivity index (χ0) is 11.5. The summed E-state index contributed by atoms with van der Waals surface area (Å²) in [5.41, 5.74) is 3.41. The molecule has 0 aromatic carbocycles. The van der Waals surface area contributed by atoms with E-state index < -0.39 is 0 Å². The molecular formula is C8H11N7S. The van der Waals surface area contributed by atoms with Gasteiger partial charge in [-0.3, -0.25) is 0 Å². The van der Waals surface area contributed by atoms with Crippen LogP contribution < -0.4 is 11.3 Å². The van der Waals surface area contributed by atoms with Crippen LogP contribution in [-0.2, 0) is 7.05 Å². The van der Waals surface area contributed by atoms with Crippen molar-refractivity contribution in [1.82, 2.24) is 24.7 Å². The van der Waals surface area contributed by atoms with Crippen LogP contribution in [0.3, 0.4) is 0 Å². The first-order valence-corrected chi connectivity index (χ1v) is 5.34. The molecule has 0 radical (unpaired) electrons. The van der Waals surface area contributed by atoms with E-state index in [9.17, 15) is 0 Å². The van der Waals surface area contributed by atoms with Gasteiger partial charge in [0.2, 0.25) is 0 Å². The number of hydrogen-bond acceptors (Lipinski definition) is 7. The fourth-order valence-corrected chi connectivity index (χ4v) is 1.95. The average molecular weight is 237 g/mol. The number of nitrogens with zero attached hydrogens (tertiary/aromatic N) is 5. The van der Waals surface area contributed by atoms with E-state index in [1.165, 1.54) is 24.4 Å². The van der Waals surface area contributed by atoms with Gasteiger partial charge < -0.3 is 5.43 Å². The third kappa shape index (κ3) is 1.97. The molecule has 7 nitrogen and oxygen atoms in total. The van der Waals surface area contributed by atoms with Gasteiger partial charge in [0.05, 0.1) is 0 Å². The van der Waals surface area contributed by atoms with Gasteiger partial charge in [-0.2, -0.15) is 5.10 Å². The molecule has 0 aliphatic carbocycles. The van der Waals surface area contributed by atoms with Gasteiger partial charge in [-0.1, -0.05) is 0 Å². The maximum absolute atomic E-state index is 5.34. The second kappa shape index (κ2) is 4.45. The zero-order valence-corrected chi connectivity index (χ0v) is 9.69. The van der Waals surface area contributed by atoms with Crippen molar-refractivity contribution in [1.29, 1.82) is 0 Å². The van der Waals surface area contributed by atoms with Crippen LogP contribution in [0.2, 0.25) is 0 Å². The van der Waals surface area contributed by atoms with Crippen molar-refractivity contribution in [3.05, 3.63) is 18.2 Å². The molecule has 0 spiro atoms. The quantitative estimate of drug-likeness (QED) is 0.452. The number of nitrogen functional groups attached to an aromatic ring is 1. The van der Waals surface area contributed by atoms with Crippen molar-refractivity contribution in [3.8, 4) is 0 Å². The maximum atomic E-state index is 5.34. The van der Waals surface area contributed by atoms with Crippen molar-refractivity contribution in [2.45, 2.75) is 17.1 Å². The highest BCUT2D eigenvalue weighted by Gasteiger charge is 2.10. The topological polar surface area (TPSA) is 94.5 Å². The van der Waals surface area contributed by atoms with Crippen molar-refractivity contribution in [3.63, 3.8) is 0 Å². The van der Waals surface area contributed by atoms with Crippen LogP contribution >= 0.6 is 11.8 Å². The molecule has 0 atom stereocenters. The molecule has 16 heavy (non-hydrogen) atoms. The van der Waals surface area contributed by atoms with E-state index in [1.54, 1.807) is 4.68 Å². The summed E-state index contributed by atoms with van der Waals surface area (Å²) in [5, 5.41) is 5.56. The lowest BCUT2D eigenvalue weighted by Gasteiger charge is -2.07. The molecule has 0 aliphatic heterocycles. The van der Waals surface area contributed by atoms with Gasteiger partial charge in [-0.25, -0.2) is 25.5 Å². The van der Waals surface area contributed by atoms with E-state index in [-0.39, 0.29) is 0 Å². The Hall–Kier alpha value is -1.67. The third-order valence-electron chi connectivity index (χ3n) is 2.03. The van der Waals surface area contributed by atoms with Crippen LogP contribution in [0, 0.1) is 6.92 Å². The number of aryl methyl sites for hydroxylation is 1. The Bertz CT molecular complexity index is 495. The van der Waals surface area contributed by atoms with E-state index in [4.69, 9.17) is 5.84 Å². The van der Waals surface area contributed by atoms with Gasteiger partial charge in [0.1, 0.15) is 23.5 Å². The molecule has 0 saturated carbocycles. The van der Waals surface area contributed by atoms with Gasteiger partial charge in [-0.05, 0) is 18.7 Å². The molecule has 0 aliphatic rings. The van der Waals surface area contributed by atoms with Gasteiger partial charge in [0.15, 0.2) is 5.16 Å². The molecule has 2 aromatic heterocycles. The van der Waals surface area contributed by atoms with Crippen LogP contribution in [0.4, 0.5) is 5.82 Å².